The Labute approximate surface area is 208 Å². The van der Waals surface area contributed by atoms with Crippen molar-refractivity contribution in [2.45, 2.75) is 123 Å². The number of halogens is 1. The first-order valence-electron chi connectivity index (χ1n) is 13.9. The SMILES string of the molecule is CCCCCCCCCCc1ccc(-c2ncc(OCCCC[C@@H](F)CCCCC)cn2)cc1. The molecule has 2 aromatic rings. The predicted octanol–water partition coefficient (Wildman–Crippen LogP) is 9.29. The van der Waals surface area contributed by atoms with Gasteiger partial charge in [-0.25, -0.2) is 14.4 Å². The first-order valence-corrected chi connectivity index (χ1v) is 13.9. The molecule has 0 bridgehead atoms. The van der Waals surface area contributed by atoms with Crippen molar-refractivity contribution in [1.82, 2.24) is 9.97 Å². The third-order valence-corrected chi connectivity index (χ3v) is 6.46. The lowest BCUT2D eigenvalue weighted by atomic mass is 10.0. The molecule has 1 aromatic carbocycles. The summed E-state index contributed by atoms with van der Waals surface area (Å²) in [6, 6.07) is 8.63. The van der Waals surface area contributed by atoms with E-state index in [1.165, 1.54) is 56.9 Å². The van der Waals surface area contributed by atoms with E-state index in [4.69, 9.17) is 4.74 Å². The molecule has 0 N–H and O–H groups in total. The minimum atomic E-state index is -0.666. The summed E-state index contributed by atoms with van der Waals surface area (Å²) in [5.74, 6) is 1.40. The molecule has 4 heteroatoms. The molecule has 1 atom stereocenters. The van der Waals surface area contributed by atoms with E-state index in [1.54, 1.807) is 12.4 Å². The lowest BCUT2D eigenvalue weighted by Gasteiger charge is -2.09. The highest BCUT2D eigenvalue weighted by molar-refractivity contribution is 5.55. The monoisotopic (exact) mass is 470 g/mol. The van der Waals surface area contributed by atoms with Gasteiger partial charge in [-0.2, -0.15) is 0 Å². The van der Waals surface area contributed by atoms with Gasteiger partial charge in [-0.15, -0.1) is 0 Å². The zero-order chi connectivity index (χ0) is 24.3. The molecule has 0 aliphatic rings. The largest absolute Gasteiger partial charge is 0.490 e. The fourth-order valence-corrected chi connectivity index (χ4v) is 4.24. The van der Waals surface area contributed by atoms with Gasteiger partial charge in [0.05, 0.1) is 19.0 Å². The molecular formula is C30H47FN2O. The number of ether oxygens (including phenoxy) is 1. The summed E-state index contributed by atoms with van der Waals surface area (Å²) in [5, 5.41) is 0. The van der Waals surface area contributed by atoms with Crippen molar-refractivity contribution in [2.24, 2.45) is 0 Å². The van der Waals surface area contributed by atoms with Crippen molar-refractivity contribution >= 4 is 0 Å². The normalized spacial score (nSPS) is 12.1. The van der Waals surface area contributed by atoms with E-state index in [0.29, 0.717) is 25.2 Å². The van der Waals surface area contributed by atoms with Crippen LogP contribution in [0.5, 0.6) is 5.75 Å². The summed E-state index contributed by atoms with van der Waals surface area (Å²) >= 11 is 0. The zero-order valence-electron chi connectivity index (χ0n) is 21.7. The van der Waals surface area contributed by atoms with Crippen LogP contribution in [-0.4, -0.2) is 22.7 Å². The summed E-state index contributed by atoms with van der Waals surface area (Å²) in [6.07, 6.45) is 21.1. The van der Waals surface area contributed by atoms with E-state index < -0.39 is 6.17 Å². The first-order chi connectivity index (χ1) is 16.7. The molecule has 34 heavy (non-hydrogen) atoms. The Bertz CT molecular complexity index is 732. The molecule has 0 aliphatic heterocycles. The number of unbranched alkanes of at least 4 members (excludes halogenated alkanes) is 10. The highest BCUT2D eigenvalue weighted by atomic mass is 19.1. The smallest absolute Gasteiger partial charge is 0.159 e. The third kappa shape index (κ3) is 12.5. The summed E-state index contributed by atoms with van der Waals surface area (Å²) in [7, 11) is 0. The summed E-state index contributed by atoms with van der Waals surface area (Å²) in [6.45, 7) is 5.00. The van der Waals surface area contributed by atoms with Gasteiger partial charge >= 0.3 is 0 Å². The Balaban J connectivity index is 1.61. The van der Waals surface area contributed by atoms with E-state index in [2.05, 4.69) is 48.1 Å². The van der Waals surface area contributed by atoms with Gasteiger partial charge in [0.15, 0.2) is 11.6 Å². The second-order valence-corrected chi connectivity index (χ2v) is 9.60. The molecule has 0 saturated heterocycles. The first kappa shape index (κ1) is 28.3. The Hall–Kier alpha value is -1.97. The average molecular weight is 471 g/mol. The maximum atomic E-state index is 13.8. The third-order valence-electron chi connectivity index (χ3n) is 6.46. The number of hydrogen-bond acceptors (Lipinski definition) is 3. The van der Waals surface area contributed by atoms with Gasteiger partial charge in [0, 0.05) is 5.56 Å². The molecule has 0 fully saturated rings. The lowest BCUT2D eigenvalue weighted by molar-refractivity contribution is 0.260. The maximum Gasteiger partial charge on any atom is 0.159 e. The lowest BCUT2D eigenvalue weighted by Crippen LogP contribution is -2.03. The van der Waals surface area contributed by atoms with E-state index >= 15 is 0 Å². The van der Waals surface area contributed by atoms with E-state index in [0.717, 1.165) is 49.9 Å². The van der Waals surface area contributed by atoms with Crippen molar-refractivity contribution in [3.8, 4) is 17.1 Å². The van der Waals surface area contributed by atoms with Crippen LogP contribution in [0.25, 0.3) is 11.4 Å². The average Bonchev–Trinajstić information content (AvgIpc) is 2.86. The summed E-state index contributed by atoms with van der Waals surface area (Å²) < 4.78 is 19.5. The molecule has 1 aromatic heterocycles. The molecule has 0 radical (unpaired) electrons. The molecule has 0 unspecified atom stereocenters. The Morgan fingerprint density at radius 1 is 0.706 bits per heavy atom. The van der Waals surface area contributed by atoms with Crippen LogP contribution in [0.4, 0.5) is 4.39 Å². The maximum absolute atomic E-state index is 13.8. The fraction of sp³-hybridized carbons (Fsp3) is 0.667. The molecule has 2 rings (SSSR count). The van der Waals surface area contributed by atoms with Crippen LogP contribution in [0, 0.1) is 0 Å². The van der Waals surface area contributed by atoms with Crippen LogP contribution in [0.15, 0.2) is 36.7 Å². The second-order valence-electron chi connectivity index (χ2n) is 9.60. The minimum Gasteiger partial charge on any atom is -0.490 e. The van der Waals surface area contributed by atoms with Crippen molar-refractivity contribution in [1.29, 1.82) is 0 Å². The van der Waals surface area contributed by atoms with Gasteiger partial charge in [-0.3, -0.25) is 0 Å². The van der Waals surface area contributed by atoms with Crippen LogP contribution in [0.3, 0.4) is 0 Å². The van der Waals surface area contributed by atoms with E-state index in [9.17, 15) is 4.39 Å². The van der Waals surface area contributed by atoms with Crippen LogP contribution in [0.2, 0.25) is 0 Å². The van der Waals surface area contributed by atoms with Gasteiger partial charge in [0.2, 0.25) is 0 Å². The highest BCUT2D eigenvalue weighted by Crippen LogP contribution is 2.19. The summed E-state index contributed by atoms with van der Waals surface area (Å²) in [5.41, 5.74) is 2.42. The predicted molar refractivity (Wildman–Crippen MR) is 142 cm³/mol. The van der Waals surface area contributed by atoms with Crippen LogP contribution < -0.4 is 4.74 Å². The quantitative estimate of drug-likeness (QED) is 0.181. The van der Waals surface area contributed by atoms with Gasteiger partial charge in [0.1, 0.15) is 6.17 Å². The number of aromatic nitrogens is 2. The van der Waals surface area contributed by atoms with Crippen LogP contribution in [0.1, 0.15) is 116 Å². The number of nitrogens with zero attached hydrogens (tertiary/aromatic N) is 2. The van der Waals surface area contributed by atoms with Crippen LogP contribution in [-0.2, 0) is 6.42 Å². The van der Waals surface area contributed by atoms with Crippen molar-refractivity contribution in [3.63, 3.8) is 0 Å². The molecule has 0 spiro atoms. The Morgan fingerprint density at radius 3 is 1.91 bits per heavy atom. The van der Waals surface area contributed by atoms with Crippen molar-refractivity contribution in [2.75, 3.05) is 6.61 Å². The zero-order valence-corrected chi connectivity index (χ0v) is 21.7. The topological polar surface area (TPSA) is 35.0 Å². The number of alkyl halides is 1. The molecule has 0 aliphatic carbocycles. The highest BCUT2D eigenvalue weighted by Gasteiger charge is 2.06. The summed E-state index contributed by atoms with van der Waals surface area (Å²) in [4.78, 5) is 8.94. The van der Waals surface area contributed by atoms with Gasteiger partial charge in [-0.1, -0.05) is 102 Å². The number of rotatable bonds is 20. The Morgan fingerprint density at radius 2 is 1.26 bits per heavy atom. The van der Waals surface area contributed by atoms with E-state index in [1.807, 2.05) is 0 Å². The van der Waals surface area contributed by atoms with Crippen molar-refractivity contribution < 1.29 is 9.13 Å². The molecule has 190 valence electrons. The second kappa shape index (κ2) is 18.4. The van der Waals surface area contributed by atoms with Gasteiger partial charge < -0.3 is 4.74 Å². The number of aryl methyl sites for hydroxylation is 1. The molecule has 1 heterocycles. The van der Waals surface area contributed by atoms with E-state index in [-0.39, 0.29) is 0 Å². The standard InChI is InChI=1S/C30H47FN2O/c1-3-5-7-8-9-10-11-13-16-26-19-21-27(22-20-26)30-32-24-29(25-33-30)34-23-15-14-18-28(31)17-12-6-4-2/h19-22,24-25,28H,3-18,23H2,1-2H3/t28-/m0/s1. The van der Waals surface area contributed by atoms with Gasteiger partial charge in [-0.05, 0) is 44.1 Å². The molecular weight excluding hydrogens is 423 g/mol. The Kier molecular flexibility index (Phi) is 15.3. The molecule has 0 saturated carbocycles. The number of hydrogen-bond donors (Lipinski definition) is 0. The van der Waals surface area contributed by atoms with Gasteiger partial charge in [0.25, 0.3) is 0 Å². The number of benzene rings is 1. The minimum absolute atomic E-state index is 0.581. The fourth-order valence-electron chi connectivity index (χ4n) is 4.24. The van der Waals surface area contributed by atoms with Crippen LogP contribution >= 0.6 is 0 Å². The van der Waals surface area contributed by atoms with Crippen molar-refractivity contribution in [3.05, 3.63) is 42.2 Å². The molecule has 3 nitrogen and oxygen atoms in total. The molecule has 0 amide bonds.